The first-order valence-electron chi connectivity index (χ1n) is 7.11. The monoisotopic (exact) mass is 395 g/mol. The van der Waals surface area contributed by atoms with E-state index in [0.29, 0.717) is 36.3 Å². The van der Waals surface area contributed by atoms with Crippen LogP contribution in [0.3, 0.4) is 0 Å². The van der Waals surface area contributed by atoms with Crippen molar-refractivity contribution < 1.29 is 27.4 Å². The van der Waals surface area contributed by atoms with Gasteiger partial charge in [-0.3, -0.25) is 4.79 Å². The van der Waals surface area contributed by atoms with E-state index >= 15 is 0 Å². The highest BCUT2D eigenvalue weighted by atomic mass is 79.9. The average molecular weight is 396 g/mol. The molecule has 1 aliphatic heterocycles. The molecular weight excluding hydrogens is 379 g/mol. The van der Waals surface area contributed by atoms with Crippen molar-refractivity contribution in [3.8, 4) is 5.75 Å². The third-order valence-corrected chi connectivity index (χ3v) is 4.34. The van der Waals surface area contributed by atoms with E-state index in [-0.39, 0.29) is 5.56 Å². The maximum atomic E-state index is 12.9. The molecule has 1 aliphatic rings. The quantitative estimate of drug-likeness (QED) is 0.780. The fourth-order valence-corrected chi connectivity index (χ4v) is 2.92. The summed E-state index contributed by atoms with van der Waals surface area (Å²) in [5, 5.41) is 0. The van der Waals surface area contributed by atoms with Crippen LogP contribution in [0, 0.1) is 0 Å². The number of rotatable bonds is 4. The highest BCUT2D eigenvalue weighted by Gasteiger charge is 2.37. The number of nitrogens with zero attached hydrogens (tertiary/aromatic N) is 1. The predicted octanol–water partition coefficient (Wildman–Crippen LogP) is 3.64. The summed E-state index contributed by atoms with van der Waals surface area (Å²) >= 11 is 3.22. The number of hydrogen-bond donors (Lipinski definition) is 0. The summed E-state index contributed by atoms with van der Waals surface area (Å²) in [6.07, 6.45) is -3.67. The van der Waals surface area contributed by atoms with Crippen LogP contribution < -0.4 is 4.74 Å². The summed E-state index contributed by atoms with van der Waals surface area (Å²) in [5.74, 6) is -0.254. The maximum Gasteiger partial charge on any atom is 0.406 e. The van der Waals surface area contributed by atoms with Crippen molar-refractivity contribution in [2.24, 2.45) is 0 Å². The third kappa shape index (κ3) is 4.84. The van der Waals surface area contributed by atoms with Gasteiger partial charge in [-0.15, -0.1) is 0 Å². The molecule has 0 atom stereocenters. The average Bonchev–Trinajstić information content (AvgIpc) is 2.52. The number of amides is 1. The Kier molecular flexibility index (Phi) is 5.91. The van der Waals surface area contributed by atoms with Crippen molar-refractivity contribution in [1.29, 1.82) is 0 Å². The zero-order valence-electron chi connectivity index (χ0n) is 12.5. The van der Waals surface area contributed by atoms with E-state index in [1.165, 1.54) is 13.2 Å². The molecule has 1 heterocycles. The van der Waals surface area contributed by atoms with Crippen LogP contribution in [0.25, 0.3) is 0 Å². The Morgan fingerprint density at radius 1 is 1.39 bits per heavy atom. The summed E-state index contributed by atoms with van der Waals surface area (Å²) in [6, 6.07) is 4.16. The molecule has 0 bridgehead atoms. The lowest BCUT2D eigenvalue weighted by atomic mass is 10.0. The van der Waals surface area contributed by atoms with Gasteiger partial charge in [-0.2, -0.15) is 13.2 Å². The molecule has 0 aliphatic carbocycles. The molecule has 2 rings (SSSR count). The molecule has 0 aromatic heterocycles. The number of carbonyl (C=O) groups is 1. The van der Waals surface area contributed by atoms with Crippen LogP contribution in [-0.4, -0.2) is 49.9 Å². The number of hydrogen-bond acceptors (Lipinski definition) is 3. The first kappa shape index (κ1) is 18.1. The molecule has 0 saturated carbocycles. The Morgan fingerprint density at radius 3 is 2.61 bits per heavy atom. The summed E-state index contributed by atoms with van der Waals surface area (Å²) in [7, 11) is 1.43. The number of halogens is 4. The van der Waals surface area contributed by atoms with Gasteiger partial charge in [-0.1, -0.05) is 0 Å². The summed E-state index contributed by atoms with van der Waals surface area (Å²) in [5.41, 5.74) is 0.153. The minimum Gasteiger partial charge on any atom is -0.497 e. The van der Waals surface area contributed by atoms with Crippen molar-refractivity contribution in [1.82, 2.24) is 4.90 Å². The molecule has 128 valence electrons. The van der Waals surface area contributed by atoms with E-state index in [0.717, 1.165) is 4.90 Å². The van der Waals surface area contributed by atoms with E-state index in [9.17, 15) is 18.0 Å². The molecule has 8 heteroatoms. The van der Waals surface area contributed by atoms with Gasteiger partial charge in [0, 0.05) is 23.7 Å². The van der Waals surface area contributed by atoms with Gasteiger partial charge in [0.1, 0.15) is 12.3 Å². The summed E-state index contributed by atoms with van der Waals surface area (Å²) < 4.78 is 49.4. The minimum atomic E-state index is -4.46. The zero-order valence-corrected chi connectivity index (χ0v) is 14.1. The van der Waals surface area contributed by atoms with Crippen molar-refractivity contribution in [3.63, 3.8) is 0 Å². The number of methoxy groups -OCH3 is 1. The minimum absolute atomic E-state index is 0.153. The van der Waals surface area contributed by atoms with Crippen LogP contribution in [0.2, 0.25) is 0 Å². The van der Waals surface area contributed by atoms with E-state index in [2.05, 4.69) is 15.9 Å². The molecular formula is C15H17BrF3NO3. The number of benzene rings is 1. The number of carbonyl (C=O) groups excluding carboxylic acids is 1. The predicted molar refractivity (Wildman–Crippen MR) is 81.6 cm³/mol. The summed E-state index contributed by atoms with van der Waals surface area (Å²) in [6.45, 7) is -0.572. The first-order valence-corrected chi connectivity index (χ1v) is 7.90. The number of ether oxygens (including phenoxy) is 2. The van der Waals surface area contributed by atoms with Crippen molar-refractivity contribution >= 4 is 21.8 Å². The van der Waals surface area contributed by atoms with Crippen LogP contribution in [0.4, 0.5) is 13.2 Å². The molecule has 1 saturated heterocycles. The largest absolute Gasteiger partial charge is 0.497 e. The summed E-state index contributed by atoms with van der Waals surface area (Å²) in [4.78, 5) is 13.6. The second kappa shape index (κ2) is 7.53. The highest BCUT2D eigenvalue weighted by molar-refractivity contribution is 9.10. The van der Waals surface area contributed by atoms with E-state index in [1.54, 1.807) is 12.1 Å². The van der Waals surface area contributed by atoms with Crippen LogP contribution in [0.5, 0.6) is 5.75 Å². The normalized spacial score (nSPS) is 16.2. The van der Waals surface area contributed by atoms with Crippen LogP contribution in [-0.2, 0) is 4.74 Å². The second-order valence-electron chi connectivity index (χ2n) is 5.24. The molecule has 1 aromatic rings. The van der Waals surface area contributed by atoms with Gasteiger partial charge in [0.25, 0.3) is 5.91 Å². The third-order valence-electron chi connectivity index (χ3n) is 3.65. The molecule has 23 heavy (non-hydrogen) atoms. The van der Waals surface area contributed by atoms with Crippen LogP contribution in [0.1, 0.15) is 23.2 Å². The smallest absolute Gasteiger partial charge is 0.406 e. The Labute approximate surface area is 140 Å². The van der Waals surface area contributed by atoms with Gasteiger partial charge in [-0.05, 0) is 47.0 Å². The fraction of sp³-hybridized carbons (Fsp3) is 0.533. The zero-order chi connectivity index (χ0) is 17.0. The Bertz CT molecular complexity index is 559. The molecule has 1 amide bonds. The lowest BCUT2D eigenvalue weighted by Crippen LogP contribution is -2.48. The topological polar surface area (TPSA) is 38.8 Å². The number of alkyl halides is 3. The maximum absolute atomic E-state index is 12.9. The van der Waals surface area contributed by atoms with Gasteiger partial charge in [0.05, 0.1) is 12.7 Å². The van der Waals surface area contributed by atoms with Crippen molar-refractivity contribution in [3.05, 3.63) is 28.2 Å². The van der Waals surface area contributed by atoms with Crippen LogP contribution >= 0.6 is 15.9 Å². The Balaban J connectivity index is 2.31. The van der Waals surface area contributed by atoms with Gasteiger partial charge < -0.3 is 14.4 Å². The molecule has 1 fully saturated rings. The van der Waals surface area contributed by atoms with Gasteiger partial charge >= 0.3 is 6.18 Å². The standard InChI is InChI=1S/C15H17BrF3NO3/c1-22-11-2-3-13(16)12(8-11)14(21)20(9-15(17,18)19)10-4-6-23-7-5-10/h2-3,8,10H,4-7,9H2,1H3. The SMILES string of the molecule is COc1ccc(Br)c(C(=O)N(CC(F)(F)F)C2CCOCC2)c1. The molecule has 0 radical (unpaired) electrons. The lowest BCUT2D eigenvalue weighted by Gasteiger charge is -2.35. The molecule has 0 spiro atoms. The molecule has 1 aromatic carbocycles. The Hall–Kier alpha value is -1.28. The first-order chi connectivity index (χ1) is 10.8. The Morgan fingerprint density at radius 2 is 2.04 bits per heavy atom. The van der Waals surface area contributed by atoms with Gasteiger partial charge in [0.15, 0.2) is 0 Å². The van der Waals surface area contributed by atoms with E-state index in [4.69, 9.17) is 9.47 Å². The van der Waals surface area contributed by atoms with Crippen LogP contribution in [0.15, 0.2) is 22.7 Å². The highest BCUT2D eigenvalue weighted by Crippen LogP contribution is 2.28. The lowest BCUT2D eigenvalue weighted by molar-refractivity contribution is -0.147. The van der Waals surface area contributed by atoms with Crippen molar-refractivity contribution in [2.45, 2.75) is 25.1 Å². The molecule has 0 unspecified atom stereocenters. The van der Waals surface area contributed by atoms with Crippen molar-refractivity contribution in [2.75, 3.05) is 26.9 Å². The van der Waals surface area contributed by atoms with E-state index < -0.39 is 24.7 Å². The van der Waals surface area contributed by atoms with E-state index in [1.807, 2.05) is 0 Å². The molecule has 4 nitrogen and oxygen atoms in total. The molecule has 0 N–H and O–H groups in total. The van der Waals surface area contributed by atoms with Gasteiger partial charge in [-0.25, -0.2) is 0 Å². The fourth-order valence-electron chi connectivity index (χ4n) is 2.51. The second-order valence-corrected chi connectivity index (χ2v) is 6.09. The van der Waals surface area contributed by atoms with Gasteiger partial charge in [0.2, 0.25) is 0 Å².